The van der Waals surface area contributed by atoms with Crippen LogP contribution in [0.2, 0.25) is 0 Å². The third-order valence-corrected chi connectivity index (χ3v) is 1.87. The molecule has 0 aliphatic rings. The van der Waals surface area contributed by atoms with Crippen molar-refractivity contribution < 1.29 is 14.3 Å². The Morgan fingerprint density at radius 2 is 1.93 bits per heavy atom. The van der Waals surface area contributed by atoms with Gasteiger partial charge in [0.05, 0.1) is 13.7 Å². The van der Waals surface area contributed by atoms with Crippen LogP contribution in [0.25, 0.3) is 0 Å². The van der Waals surface area contributed by atoms with Crippen LogP contribution in [-0.2, 0) is 14.3 Å². The summed E-state index contributed by atoms with van der Waals surface area (Å²) in [4.78, 5) is 22.6. The van der Waals surface area contributed by atoms with Crippen molar-refractivity contribution in [2.24, 2.45) is 5.92 Å². The molecule has 0 saturated heterocycles. The topological polar surface area (TPSA) is 67.4 Å². The third kappa shape index (κ3) is 6.06. The quantitative estimate of drug-likeness (QED) is 0.609. The summed E-state index contributed by atoms with van der Waals surface area (Å²) in [6.45, 7) is 4.17. The van der Waals surface area contributed by atoms with Gasteiger partial charge in [0.15, 0.2) is 0 Å². The van der Waals surface area contributed by atoms with Crippen molar-refractivity contribution in [2.45, 2.75) is 26.3 Å². The Labute approximate surface area is 90.6 Å². The Kier molecular flexibility index (Phi) is 6.70. The predicted molar refractivity (Wildman–Crippen MR) is 57.3 cm³/mol. The standard InChI is InChI=1S/C10H20N2O3/c1-7(2)5-8(10(14)15-4)12-9(13)6-11-3/h7-8,11H,5-6H2,1-4H3,(H,12,13). The van der Waals surface area contributed by atoms with Crippen LogP contribution in [0.3, 0.4) is 0 Å². The molecule has 1 atom stereocenters. The van der Waals surface area contributed by atoms with Crippen molar-refractivity contribution in [3.8, 4) is 0 Å². The average molecular weight is 216 g/mol. The van der Waals surface area contributed by atoms with Crippen molar-refractivity contribution in [2.75, 3.05) is 20.7 Å². The number of hydrogen-bond acceptors (Lipinski definition) is 4. The Morgan fingerprint density at radius 3 is 2.33 bits per heavy atom. The Hall–Kier alpha value is -1.10. The molecule has 15 heavy (non-hydrogen) atoms. The highest BCUT2D eigenvalue weighted by atomic mass is 16.5. The average Bonchev–Trinajstić information content (AvgIpc) is 2.15. The van der Waals surface area contributed by atoms with Crippen LogP contribution in [0.5, 0.6) is 0 Å². The highest BCUT2D eigenvalue weighted by Crippen LogP contribution is 2.05. The van der Waals surface area contributed by atoms with Crippen LogP contribution in [0.4, 0.5) is 0 Å². The van der Waals surface area contributed by atoms with Crippen molar-refractivity contribution >= 4 is 11.9 Å². The molecule has 2 N–H and O–H groups in total. The lowest BCUT2D eigenvalue weighted by molar-refractivity contribution is -0.145. The minimum Gasteiger partial charge on any atom is -0.467 e. The van der Waals surface area contributed by atoms with Gasteiger partial charge >= 0.3 is 5.97 Å². The first-order valence-corrected chi connectivity index (χ1v) is 5.03. The smallest absolute Gasteiger partial charge is 0.328 e. The van der Waals surface area contributed by atoms with Crippen LogP contribution in [0.1, 0.15) is 20.3 Å². The number of rotatable bonds is 6. The largest absolute Gasteiger partial charge is 0.467 e. The summed E-state index contributed by atoms with van der Waals surface area (Å²) >= 11 is 0. The summed E-state index contributed by atoms with van der Waals surface area (Å²) in [5.41, 5.74) is 0. The minimum atomic E-state index is -0.546. The summed E-state index contributed by atoms with van der Waals surface area (Å²) in [7, 11) is 3.00. The van der Waals surface area contributed by atoms with Gasteiger partial charge in [-0.05, 0) is 19.4 Å². The van der Waals surface area contributed by atoms with Crippen molar-refractivity contribution in [3.63, 3.8) is 0 Å². The first-order chi connectivity index (χ1) is 7.01. The van der Waals surface area contributed by atoms with E-state index in [1.54, 1.807) is 7.05 Å². The molecule has 0 fully saturated rings. The number of amides is 1. The maximum atomic E-state index is 11.3. The molecule has 0 aromatic carbocycles. The number of ether oxygens (including phenoxy) is 1. The number of nitrogens with one attached hydrogen (secondary N) is 2. The molecule has 88 valence electrons. The summed E-state index contributed by atoms with van der Waals surface area (Å²) in [5, 5.41) is 5.34. The zero-order valence-electron chi connectivity index (χ0n) is 9.79. The van der Waals surface area contributed by atoms with Crippen LogP contribution in [-0.4, -0.2) is 38.6 Å². The normalized spacial score (nSPS) is 12.3. The van der Waals surface area contributed by atoms with E-state index in [-0.39, 0.29) is 12.5 Å². The SMILES string of the molecule is CNCC(=O)NC(CC(C)C)C(=O)OC. The van der Waals surface area contributed by atoms with E-state index in [2.05, 4.69) is 15.4 Å². The summed E-state index contributed by atoms with van der Waals surface area (Å²) in [5.74, 6) is -0.273. The number of hydrogen-bond donors (Lipinski definition) is 2. The summed E-state index contributed by atoms with van der Waals surface area (Å²) in [6.07, 6.45) is 0.585. The van der Waals surface area contributed by atoms with Crippen LogP contribution in [0, 0.1) is 5.92 Å². The van der Waals surface area contributed by atoms with Crippen molar-refractivity contribution in [3.05, 3.63) is 0 Å². The summed E-state index contributed by atoms with van der Waals surface area (Å²) < 4.78 is 4.62. The maximum Gasteiger partial charge on any atom is 0.328 e. The molecule has 0 aliphatic carbocycles. The first kappa shape index (κ1) is 13.9. The van der Waals surface area contributed by atoms with Gasteiger partial charge in [-0.15, -0.1) is 0 Å². The van der Waals surface area contributed by atoms with Gasteiger partial charge in [0.1, 0.15) is 6.04 Å². The Balaban J connectivity index is 4.24. The molecule has 0 heterocycles. The van der Waals surface area contributed by atoms with Crippen LogP contribution < -0.4 is 10.6 Å². The molecule has 0 bridgehead atoms. The minimum absolute atomic E-state index is 0.200. The van der Waals surface area contributed by atoms with Gasteiger partial charge in [0, 0.05) is 0 Å². The molecule has 5 nitrogen and oxygen atoms in total. The van der Waals surface area contributed by atoms with E-state index in [9.17, 15) is 9.59 Å². The number of esters is 1. The molecule has 1 unspecified atom stereocenters. The molecule has 0 aromatic heterocycles. The van der Waals surface area contributed by atoms with Crippen molar-refractivity contribution in [1.82, 2.24) is 10.6 Å². The molecular formula is C10H20N2O3. The lowest BCUT2D eigenvalue weighted by Crippen LogP contribution is -2.45. The fraction of sp³-hybridized carbons (Fsp3) is 0.800. The van der Waals surface area contributed by atoms with E-state index in [4.69, 9.17) is 0 Å². The first-order valence-electron chi connectivity index (χ1n) is 5.03. The zero-order valence-corrected chi connectivity index (χ0v) is 9.79. The number of likely N-dealkylation sites (N-methyl/N-ethyl adjacent to an activating group) is 1. The number of methoxy groups -OCH3 is 1. The van der Waals surface area contributed by atoms with E-state index in [0.717, 1.165) is 0 Å². The molecule has 0 radical (unpaired) electrons. The van der Waals surface area contributed by atoms with Gasteiger partial charge < -0.3 is 15.4 Å². The maximum absolute atomic E-state index is 11.3. The fourth-order valence-electron chi connectivity index (χ4n) is 1.23. The number of carbonyl (C=O) groups is 2. The van der Waals surface area contributed by atoms with E-state index in [0.29, 0.717) is 12.3 Å². The molecule has 5 heteroatoms. The molecular weight excluding hydrogens is 196 g/mol. The highest BCUT2D eigenvalue weighted by molar-refractivity contribution is 5.85. The molecule has 0 aliphatic heterocycles. The predicted octanol–water partition coefficient (Wildman–Crippen LogP) is -0.0903. The monoisotopic (exact) mass is 216 g/mol. The second-order valence-corrected chi connectivity index (χ2v) is 3.80. The molecule has 0 aromatic rings. The van der Waals surface area contributed by atoms with E-state index >= 15 is 0 Å². The Morgan fingerprint density at radius 1 is 1.33 bits per heavy atom. The van der Waals surface area contributed by atoms with Gasteiger partial charge in [0.25, 0.3) is 0 Å². The molecule has 0 saturated carbocycles. The third-order valence-electron chi connectivity index (χ3n) is 1.87. The van der Waals surface area contributed by atoms with Gasteiger partial charge in [0.2, 0.25) is 5.91 Å². The van der Waals surface area contributed by atoms with Gasteiger partial charge in [-0.3, -0.25) is 4.79 Å². The van der Waals surface area contributed by atoms with Crippen LogP contribution >= 0.6 is 0 Å². The second-order valence-electron chi connectivity index (χ2n) is 3.80. The summed E-state index contributed by atoms with van der Waals surface area (Å²) in [6, 6.07) is -0.546. The lowest BCUT2D eigenvalue weighted by Gasteiger charge is -2.18. The van der Waals surface area contributed by atoms with Gasteiger partial charge in [-0.25, -0.2) is 4.79 Å². The Bertz CT molecular complexity index is 217. The van der Waals surface area contributed by atoms with Crippen LogP contribution in [0.15, 0.2) is 0 Å². The van der Waals surface area contributed by atoms with Gasteiger partial charge in [-0.1, -0.05) is 13.8 Å². The number of carbonyl (C=O) groups excluding carboxylic acids is 2. The molecule has 0 spiro atoms. The molecule has 1 amide bonds. The highest BCUT2D eigenvalue weighted by Gasteiger charge is 2.21. The second kappa shape index (κ2) is 7.23. The van der Waals surface area contributed by atoms with E-state index in [1.807, 2.05) is 13.8 Å². The zero-order chi connectivity index (χ0) is 11.8. The van der Waals surface area contributed by atoms with Crippen molar-refractivity contribution in [1.29, 1.82) is 0 Å². The molecule has 0 rings (SSSR count). The lowest BCUT2D eigenvalue weighted by atomic mass is 10.0. The fourth-order valence-corrected chi connectivity index (χ4v) is 1.23. The van der Waals surface area contributed by atoms with E-state index < -0.39 is 12.0 Å². The van der Waals surface area contributed by atoms with E-state index in [1.165, 1.54) is 7.11 Å². The van der Waals surface area contributed by atoms with Gasteiger partial charge in [-0.2, -0.15) is 0 Å².